The number of ether oxygens (including phenoxy) is 2. The Morgan fingerprint density at radius 1 is 1.04 bits per heavy atom. The predicted octanol–water partition coefficient (Wildman–Crippen LogP) is 1.04. The highest BCUT2D eigenvalue weighted by Gasteiger charge is 2.25. The summed E-state index contributed by atoms with van der Waals surface area (Å²) in [5.74, 6) is 1.26. The topological polar surface area (TPSA) is 46.4 Å². The summed E-state index contributed by atoms with van der Waals surface area (Å²) in [5, 5.41) is 10.6. The molecule has 0 aromatic heterocycles. The van der Waals surface area contributed by atoms with E-state index in [4.69, 9.17) is 9.47 Å². The van der Waals surface area contributed by atoms with Gasteiger partial charge >= 0.3 is 0 Å². The maximum atomic E-state index is 13.9. The van der Waals surface area contributed by atoms with Gasteiger partial charge in [-0.2, -0.15) is 0 Å². The molecule has 6 heteroatoms. The zero-order chi connectivity index (χ0) is 17.9. The Hall–Kier alpha value is -2.31. The molecular weight excluding hydrogens is 335 g/mol. The number of halogens is 1. The number of rotatable bonds is 4. The average molecular weight is 359 g/mol. The summed E-state index contributed by atoms with van der Waals surface area (Å²) in [4.78, 5) is 3.40. The summed E-state index contributed by atoms with van der Waals surface area (Å²) in [7, 11) is 0. The zero-order valence-electron chi connectivity index (χ0n) is 14.7. The molecule has 2 aliphatic heterocycles. The number of quaternary nitrogens is 1. The first-order chi connectivity index (χ1) is 12.7. The number of hydrogen-bond acceptors (Lipinski definition) is 4. The van der Waals surface area contributed by atoms with Crippen molar-refractivity contribution in [2.24, 2.45) is 0 Å². The molecule has 1 saturated heterocycles. The third-order valence-corrected chi connectivity index (χ3v) is 5.10. The molecular formula is C20H24FN2O3+. The molecule has 0 spiro atoms. The molecule has 2 aliphatic rings. The van der Waals surface area contributed by atoms with Gasteiger partial charge in [0, 0.05) is 0 Å². The highest BCUT2D eigenvalue weighted by Crippen LogP contribution is 2.32. The molecule has 5 nitrogen and oxygen atoms in total. The quantitative estimate of drug-likeness (QED) is 0.856. The van der Waals surface area contributed by atoms with E-state index in [1.807, 2.05) is 30.3 Å². The van der Waals surface area contributed by atoms with Gasteiger partial charge < -0.3 is 24.4 Å². The van der Waals surface area contributed by atoms with Crippen molar-refractivity contribution in [1.29, 1.82) is 0 Å². The van der Waals surface area contributed by atoms with Crippen LogP contribution in [0.5, 0.6) is 11.5 Å². The summed E-state index contributed by atoms with van der Waals surface area (Å²) in [5.41, 5.74) is 1.51. The monoisotopic (exact) mass is 359 g/mol. The van der Waals surface area contributed by atoms with Gasteiger partial charge in [-0.05, 0) is 29.8 Å². The zero-order valence-corrected chi connectivity index (χ0v) is 14.7. The highest BCUT2D eigenvalue weighted by molar-refractivity contribution is 5.47. The maximum absolute atomic E-state index is 13.9. The average Bonchev–Trinajstić information content (AvgIpc) is 2.69. The number of nitrogens with one attached hydrogen (secondary N) is 1. The van der Waals surface area contributed by atoms with Crippen LogP contribution < -0.4 is 19.3 Å². The van der Waals surface area contributed by atoms with Crippen LogP contribution >= 0.6 is 0 Å². The van der Waals surface area contributed by atoms with E-state index in [9.17, 15) is 9.50 Å². The van der Waals surface area contributed by atoms with Gasteiger partial charge in [-0.25, -0.2) is 4.39 Å². The first kappa shape index (κ1) is 17.1. The van der Waals surface area contributed by atoms with Crippen molar-refractivity contribution < 1.29 is 23.9 Å². The van der Waals surface area contributed by atoms with Crippen LogP contribution in [0.2, 0.25) is 0 Å². The molecule has 0 saturated carbocycles. The molecule has 0 bridgehead atoms. The molecule has 2 aromatic rings. The second kappa shape index (κ2) is 7.51. The van der Waals surface area contributed by atoms with Gasteiger partial charge in [0.05, 0.1) is 31.9 Å². The van der Waals surface area contributed by atoms with Gasteiger partial charge in [0.2, 0.25) is 0 Å². The fourth-order valence-electron chi connectivity index (χ4n) is 3.63. The second-order valence-corrected chi connectivity index (χ2v) is 6.81. The second-order valence-electron chi connectivity index (χ2n) is 6.81. The van der Waals surface area contributed by atoms with Crippen LogP contribution in [0.1, 0.15) is 11.7 Å². The smallest absolute Gasteiger partial charge is 0.161 e. The summed E-state index contributed by atoms with van der Waals surface area (Å²) in [6.45, 7) is 5.03. The number of aliphatic hydroxyl groups excluding tert-OH is 1. The van der Waals surface area contributed by atoms with E-state index in [1.54, 1.807) is 6.07 Å². The van der Waals surface area contributed by atoms with Gasteiger partial charge in [0.15, 0.2) is 11.5 Å². The molecule has 0 unspecified atom stereocenters. The molecule has 2 N–H and O–H groups in total. The van der Waals surface area contributed by atoms with Crippen LogP contribution in [0.15, 0.2) is 42.5 Å². The van der Waals surface area contributed by atoms with E-state index in [0.717, 1.165) is 37.5 Å². The van der Waals surface area contributed by atoms with Crippen LogP contribution in [0.3, 0.4) is 0 Å². The Labute approximate surface area is 152 Å². The molecule has 1 fully saturated rings. The van der Waals surface area contributed by atoms with Crippen molar-refractivity contribution in [1.82, 2.24) is 0 Å². The Morgan fingerprint density at radius 2 is 1.77 bits per heavy atom. The van der Waals surface area contributed by atoms with Crippen LogP contribution in [-0.2, 0) is 0 Å². The fraction of sp³-hybridized carbons (Fsp3) is 0.400. The lowest BCUT2D eigenvalue weighted by atomic mass is 10.1. The lowest BCUT2D eigenvalue weighted by molar-refractivity contribution is -0.904. The van der Waals surface area contributed by atoms with E-state index >= 15 is 0 Å². The third-order valence-electron chi connectivity index (χ3n) is 5.10. The van der Waals surface area contributed by atoms with Crippen molar-refractivity contribution >= 4 is 5.69 Å². The summed E-state index contributed by atoms with van der Waals surface area (Å²) >= 11 is 0. The highest BCUT2D eigenvalue weighted by atomic mass is 19.1. The molecule has 1 atom stereocenters. The molecule has 26 heavy (non-hydrogen) atoms. The van der Waals surface area contributed by atoms with Crippen LogP contribution in [0.4, 0.5) is 10.1 Å². The number of hydrogen-bond donors (Lipinski definition) is 2. The minimum absolute atomic E-state index is 0.174. The standard InChI is InChI=1S/C20H23FN2O3/c21-16-3-1-2-4-17(16)23-9-7-22(8-10-23)14-18(24)15-5-6-19-20(13-15)26-12-11-25-19/h1-6,13,18,24H,7-12,14H2/p+1/t18-/m0/s1. The van der Waals surface area contributed by atoms with E-state index in [-0.39, 0.29) is 5.82 Å². The molecule has 4 rings (SSSR count). The number of para-hydroxylation sites is 1. The molecule has 2 heterocycles. The van der Waals surface area contributed by atoms with E-state index in [1.165, 1.54) is 11.0 Å². The SMILES string of the molecule is O[C@@H](C[NH+]1CCN(c2ccccc2F)CC1)c1ccc2c(c1)OCCO2. The minimum atomic E-state index is -0.555. The molecule has 138 valence electrons. The Balaban J connectivity index is 1.35. The van der Waals surface area contributed by atoms with E-state index in [2.05, 4.69) is 4.90 Å². The molecule has 0 aliphatic carbocycles. The summed E-state index contributed by atoms with van der Waals surface area (Å²) in [6, 6.07) is 12.5. The summed E-state index contributed by atoms with van der Waals surface area (Å²) in [6.07, 6.45) is -0.555. The van der Waals surface area contributed by atoms with Crippen LogP contribution in [0, 0.1) is 5.82 Å². The third kappa shape index (κ3) is 3.61. The lowest BCUT2D eigenvalue weighted by Crippen LogP contribution is -3.15. The molecule has 2 aromatic carbocycles. The number of nitrogens with zero attached hydrogens (tertiary/aromatic N) is 1. The molecule has 0 amide bonds. The van der Waals surface area contributed by atoms with Gasteiger partial charge in [-0.3, -0.25) is 0 Å². The van der Waals surface area contributed by atoms with Crippen molar-refractivity contribution in [2.75, 3.05) is 50.8 Å². The first-order valence-electron chi connectivity index (χ1n) is 9.11. The number of anilines is 1. The van der Waals surface area contributed by atoms with Crippen molar-refractivity contribution in [3.8, 4) is 11.5 Å². The number of aliphatic hydroxyl groups is 1. The fourth-order valence-corrected chi connectivity index (χ4v) is 3.63. The van der Waals surface area contributed by atoms with Gasteiger partial charge in [-0.1, -0.05) is 18.2 Å². The maximum Gasteiger partial charge on any atom is 0.161 e. The minimum Gasteiger partial charge on any atom is -0.486 e. The van der Waals surface area contributed by atoms with Crippen molar-refractivity contribution in [2.45, 2.75) is 6.10 Å². The number of piperazine rings is 1. The lowest BCUT2D eigenvalue weighted by Gasteiger charge is -2.34. The van der Waals surface area contributed by atoms with Crippen LogP contribution in [-0.4, -0.2) is 51.0 Å². The summed E-state index contributed by atoms with van der Waals surface area (Å²) < 4.78 is 25.0. The van der Waals surface area contributed by atoms with Crippen molar-refractivity contribution in [3.63, 3.8) is 0 Å². The Morgan fingerprint density at radius 3 is 2.54 bits per heavy atom. The van der Waals surface area contributed by atoms with E-state index < -0.39 is 6.10 Å². The molecule has 0 radical (unpaired) electrons. The normalized spacial score (nSPS) is 18.6. The Bertz CT molecular complexity index is 762. The van der Waals surface area contributed by atoms with Gasteiger partial charge in [0.1, 0.15) is 31.7 Å². The number of fused-ring (bicyclic) bond motifs is 1. The van der Waals surface area contributed by atoms with Crippen LogP contribution in [0.25, 0.3) is 0 Å². The largest absolute Gasteiger partial charge is 0.486 e. The van der Waals surface area contributed by atoms with E-state index in [0.29, 0.717) is 31.2 Å². The first-order valence-corrected chi connectivity index (χ1v) is 9.11. The Kier molecular flexibility index (Phi) is 4.95. The van der Waals surface area contributed by atoms with Gasteiger partial charge in [0.25, 0.3) is 0 Å². The van der Waals surface area contributed by atoms with Crippen molar-refractivity contribution in [3.05, 3.63) is 53.8 Å². The predicted molar refractivity (Wildman–Crippen MR) is 96.6 cm³/mol. The van der Waals surface area contributed by atoms with Gasteiger partial charge in [-0.15, -0.1) is 0 Å². The number of benzene rings is 2.